The number of ketones is 1. The number of carbonyl (C=O) groups excluding carboxylic acids is 1. The number of Topliss-reactive ketones (excluding diaryl/α,β-unsaturated/α-hetero) is 1. The van der Waals surface area contributed by atoms with Crippen molar-refractivity contribution in [1.82, 2.24) is 5.32 Å². The van der Waals surface area contributed by atoms with E-state index in [0.29, 0.717) is 24.3 Å². The van der Waals surface area contributed by atoms with Crippen LogP contribution in [0, 0.1) is 11.8 Å². The summed E-state index contributed by atoms with van der Waals surface area (Å²) in [6.45, 7) is 5.57. The van der Waals surface area contributed by atoms with E-state index < -0.39 is 0 Å². The van der Waals surface area contributed by atoms with Crippen LogP contribution < -0.4 is 5.32 Å². The van der Waals surface area contributed by atoms with E-state index in [2.05, 4.69) is 12.2 Å². The van der Waals surface area contributed by atoms with Crippen LogP contribution >= 0.6 is 0 Å². The Morgan fingerprint density at radius 3 is 2.71 bits per heavy atom. The van der Waals surface area contributed by atoms with E-state index in [4.69, 9.17) is 4.74 Å². The Hall–Kier alpha value is -0.410. The molecule has 0 aromatic carbocycles. The fraction of sp³-hybridized carbons (Fsp3) is 0.909. The number of ether oxygens (including phenoxy) is 1. The van der Waals surface area contributed by atoms with Gasteiger partial charge in [0.05, 0.1) is 13.2 Å². The molecule has 2 rings (SSSR count). The fourth-order valence-corrected chi connectivity index (χ4v) is 2.06. The third-order valence-electron chi connectivity index (χ3n) is 3.20. The van der Waals surface area contributed by atoms with Gasteiger partial charge in [-0.3, -0.25) is 4.79 Å². The molecule has 2 fully saturated rings. The molecule has 0 aromatic heterocycles. The van der Waals surface area contributed by atoms with Gasteiger partial charge in [0.15, 0.2) is 0 Å². The van der Waals surface area contributed by atoms with Crippen LogP contribution in [0.2, 0.25) is 0 Å². The Bertz CT molecular complexity index is 225. The lowest BCUT2D eigenvalue weighted by Gasteiger charge is -2.32. The molecule has 1 saturated heterocycles. The summed E-state index contributed by atoms with van der Waals surface area (Å²) < 4.78 is 5.45. The molecule has 0 amide bonds. The highest BCUT2D eigenvalue weighted by atomic mass is 16.5. The van der Waals surface area contributed by atoms with E-state index in [0.717, 1.165) is 19.4 Å². The van der Waals surface area contributed by atoms with Crippen LogP contribution in [0.5, 0.6) is 0 Å². The number of morpholine rings is 1. The molecule has 1 aliphatic heterocycles. The summed E-state index contributed by atoms with van der Waals surface area (Å²) in [5.41, 5.74) is 0. The van der Waals surface area contributed by atoms with Crippen molar-refractivity contribution in [3.63, 3.8) is 0 Å². The van der Waals surface area contributed by atoms with Crippen LogP contribution in [0.25, 0.3) is 0 Å². The van der Waals surface area contributed by atoms with Gasteiger partial charge in [-0.25, -0.2) is 0 Å². The number of carbonyl (C=O) groups is 1. The van der Waals surface area contributed by atoms with Gasteiger partial charge in [0.1, 0.15) is 5.78 Å². The first kappa shape index (κ1) is 10.1. The van der Waals surface area contributed by atoms with Crippen LogP contribution in [-0.4, -0.2) is 31.1 Å². The third kappa shape index (κ3) is 2.15. The molecule has 1 aliphatic carbocycles. The highest BCUT2D eigenvalue weighted by Crippen LogP contribution is 2.33. The van der Waals surface area contributed by atoms with Crippen LogP contribution in [0.15, 0.2) is 0 Å². The van der Waals surface area contributed by atoms with Crippen LogP contribution in [0.4, 0.5) is 0 Å². The topological polar surface area (TPSA) is 38.3 Å². The van der Waals surface area contributed by atoms with Gasteiger partial charge in [-0.1, -0.05) is 6.92 Å². The molecular weight excluding hydrogens is 178 g/mol. The second-order valence-corrected chi connectivity index (χ2v) is 4.68. The van der Waals surface area contributed by atoms with E-state index in [1.54, 1.807) is 0 Å². The quantitative estimate of drug-likeness (QED) is 0.733. The zero-order valence-corrected chi connectivity index (χ0v) is 8.95. The molecule has 3 atom stereocenters. The van der Waals surface area contributed by atoms with E-state index >= 15 is 0 Å². The largest absolute Gasteiger partial charge is 0.378 e. The van der Waals surface area contributed by atoms with E-state index in [1.165, 1.54) is 0 Å². The van der Waals surface area contributed by atoms with Crippen molar-refractivity contribution in [2.24, 2.45) is 11.8 Å². The van der Waals surface area contributed by atoms with Crippen molar-refractivity contribution >= 4 is 5.78 Å². The van der Waals surface area contributed by atoms with Crippen molar-refractivity contribution in [3.05, 3.63) is 0 Å². The van der Waals surface area contributed by atoms with Crippen LogP contribution in [0.3, 0.4) is 0 Å². The maximum Gasteiger partial charge on any atom is 0.140 e. The molecule has 2 aliphatic rings. The lowest BCUT2D eigenvalue weighted by Crippen LogP contribution is -2.52. The summed E-state index contributed by atoms with van der Waals surface area (Å²) in [7, 11) is 0. The van der Waals surface area contributed by atoms with Crippen LogP contribution in [0.1, 0.15) is 26.7 Å². The van der Waals surface area contributed by atoms with Crippen LogP contribution in [-0.2, 0) is 9.53 Å². The monoisotopic (exact) mass is 197 g/mol. The zero-order chi connectivity index (χ0) is 10.1. The fourth-order valence-electron chi connectivity index (χ4n) is 2.06. The standard InChI is InChI=1S/C11H19NO2/c1-7-5-14-6-10(12-7)8(2)11(13)9-3-4-9/h7-10,12H,3-6H2,1-2H3. The zero-order valence-electron chi connectivity index (χ0n) is 8.95. The van der Waals surface area contributed by atoms with Gasteiger partial charge in [-0.15, -0.1) is 0 Å². The normalized spacial score (nSPS) is 35.3. The summed E-state index contributed by atoms with van der Waals surface area (Å²) in [4.78, 5) is 11.8. The third-order valence-corrected chi connectivity index (χ3v) is 3.20. The van der Waals surface area contributed by atoms with E-state index in [1.807, 2.05) is 6.92 Å². The lowest BCUT2D eigenvalue weighted by molar-refractivity contribution is -0.125. The van der Waals surface area contributed by atoms with Crippen molar-refractivity contribution in [3.8, 4) is 0 Å². The van der Waals surface area contributed by atoms with E-state index in [-0.39, 0.29) is 12.0 Å². The Morgan fingerprint density at radius 1 is 1.43 bits per heavy atom. The maximum atomic E-state index is 11.8. The minimum Gasteiger partial charge on any atom is -0.378 e. The molecule has 0 aromatic rings. The van der Waals surface area contributed by atoms with Gasteiger partial charge < -0.3 is 10.1 Å². The van der Waals surface area contributed by atoms with Gasteiger partial charge in [0.2, 0.25) is 0 Å². The number of hydrogen-bond donors (Lipinski definition) is 1. The Morgan fingerprint density at radius 2 is 2.14 bits per heavy atom. The molecule has 1 heterocycles. The summed E-state index contributed by atoms with van der Waals surface area (Å²) in [5, 5.41) is 3.43. The Balaban J connectivity index is 1.89. The molecule has 0 bridgehead atoms. The van der Waals surface area contributed by atoms with E-state index in [9.17, 15) is 4.79 Å². The van der Waals surface area contributed by atoms with Gasteiger partial charge in [0.25, 0.3) is 0 Å². The summed E-state index contributed by atoms with van der Waals surface area (Å²) in [6, 6.07) is 0.607. The SMILES string of the molecule is CC1COCC(C(C)C(=O)C2CC2)N1. The molecule has 1 N–H and O–H groups in total. The molecule has 1 saturated carbocycles. The summed E-state index contributed by atoms with van der Waals surface area (Å²) in [6.07, 6.45) is 2.21. The number of rotatable bonds is 3. The first-order valence-corrected chi connectivity index (χ1v) is 5.56. The molecule has 3 heteroatoms. The van der Waals surface area contributed by atoms with Crippen molar-refractivity contribution in [2.75, 3.05) is 13.2 Å². The molecule has 3 unspecified atom stereocenters. The minimum absolute atomic E-state index is 0.116. The minimum atomic E-state index is 0.116. The molecular formula is C11H19NO2. The summed E-state index contributed by atoms with van der Waals surface area (Å²) in [5.74, 6) is 0.912. The second kappa shape index (κ2) is 3.99. The van der Waals surface area contributed by atoms with Crippen molar-refractivity contribution in [1.29, 1.82) is 0 Å². The Labute approximate surface area is 85.2 Å². The maximum absolute atomic E-state index is 11.8. The molecule has 3 nitrogen and oxygen atoms in total. The van der Waals surface area contributed by atoms with Gasteiger partial charge in [-0.05, 0) is 19.8 Å². The van der Waals surface area contributed by atoms with Gasteiger partial charge >= 0.3 is 0 Å². The number of nitrogens with one attached hydrogen (secondary N) is 1. The predicted octanol–water partition coefficient (Wildman–Crippen LogP) is 0.978. The lowest BCUT2D eigenvalue weighted by atomic mass is 9.93. The van der Waals surface area contributed by atoms with Gasteiger partial charge in [0, 0.05) is 23.9 Å². The Kier molecular flexibility index (Phi) is 2.88. The highest BCUT2D eigenvalue weighted by Gasteiger charge is 2.37. The number of hydrogen-bond acceptors (Lipinski definition) is 3. The first-order valence-electron chi connectivity index (χ1n) is 5.56. The van der Waals surface area contributed by atoms with Crippen molar-refractivity contribution < 1.29 is 9.53 Å². The molecule has 0 radical (unpaired) electrons. The summed E-state index contributed by atoms with van der Waals surface area (Å²) >= 11 is 0. The smallest absolute Gasteiger partial charge is 0.140 e. The average molecular weight is 197 g/mol. The second-order valence-electron chi connectivity index (χ2n) is 4.68. The van der Waals surface area contributed by atoms with Crippen molar-refractivity contribution in [2.45, 2.75) is 38.8 Å². The molecule has 80 valence electrons. The van der Waals surface area contributed by atoms with Gasteiger partial charge in [-0.2, -0.15) is 0 Å². The highest BCUT2D eigenvalue weighted by molar-refractivity contribution is 5.85. The molecule has 0 spiro atoms. The average Bonchev–Trinajstić information content (AvgIpc) is 2.99. The molecule has 14 heavy (non-hydrogen) atoms. The first-order chi connectivity index (χ1) is 6.68. The predicted molar refractivity (Wildman–Crippen MR) is 54.1 cm³/mol.